The summed E-state index contributed by atoms with van der Waals surface area (Å²) in [4.78, 5) is 23.2. The molecule has 2 rings (SSSR count). The van der Waals surface area contributed by atoms with E-state index in [4.69, 9.17) is 0 Å². The molecule has 0 saturated heterocycles. The minimum atomic E-state index is -1.18. The Morgan fingerprint density at radius 3 is 2.28 bits per heavy atom. The van der Waals surface area contributed by atoms with Crippen LogP contribution >= 0.6 is 0 Å². The second-order valence-electron chi connectivity index (χ2n) is 5.35. The molecule has 0 spiro atoms. The number of hydrogen-bond acceptors (Lipinski definition) is 5. The second-order valence-corrected chi connectivity index (χ2v) is 5.35. The zero-order valence-corrected chi connectivity index (χ0v) is 13.1. The Balaban J connectivity index is 2.01. The molecule has 0 heterocycles. The van der Waals surface area contributed by atoms with E-state index in [-0.39, 0.29) is 23.7 Å². The lowest BCUT2D eigenvalue weighted by atomic mass is 10.1. The molecule has 0 aliphatic rings. The Labute approximate surface area is 143 Å². The van der Waals surface area contributed by atoms with Crippen LogP contribution in [0.2, 0.25) is 0 Å². The van der Waals surface area contributed by atoms with Gasteiger partial charge in [0.05, 0.1) is 0 Å². The lowest BCUT2D eigenvalue weighted by Gasteiger charge is -2.13. The number of benzene rings is 2. The summed E-state index contributed by atoms with van der Waals surface area (Å²) >= 11 is 0. The molecule has 0 fully saturated rings. The van der Waals surface area contributed by atoms with Crippen molar-refractivity contribution in [3.8, 4) is 17.2 Å². The third-order valence-electron chi connectivity index (χ3n) is 3.42. The maximum atomic E-state index is 11.9. The average Bonchev–Trinajstić information content (AvgIpc) is 2.57. The van der Waals surface area contributed by atoms with E-state index in [1.807, 2.05) is 0 Å². The summed E-state index contributed by atoms with van der Waals surface area (Å²) in [6.07, 6.45) is 2.59. The van der Waals surface area contributed by atoms with E-state index in [1.165, 1.54) is 36.4 Å². The molecule has 0 unspecified atom stereocenters. The van der Waals surface area contributed by atoms with Gasteiger partial charge in [-0.25, -0.2) is 4.79 Å². The SMILES string of the molecule is O=C(C=Cc1ccc(O)c(O)c1)N[C@H](Cc1ccc(O)cc1)C(=O)O. The van der Waals surface area contributed by atoms with E-state index < -0.39 is 17.9 Å². The van der Waals surface area contributed by atoms with Crippen molar-refractivity contribution in [3.05, 3.63) is 59.7 Å². The lowest BCUT2D eigenvalue weighted by Crippen LogP contribution is -2.41. The fourth-order valence-corrected chi connectivity index (χ4v) is 2.10. The minimum absolute atomic E-state index is 0.0647. The molecule has 2 aromatic carbocycles. The second kappa shape index (κ2) is 7.87. The number of carboxylic acids is 1. The Morgan fingerprint density at radius 1 is 1.00 bits per heavy atom. The van der Waals surface area contributed by atoms with Crippen molar-refractivity contribution in [2.24, 2.45) is 0 Å². The Morgan fingerprint density at radius 2 is 1.68 bits per heavy atom. The monoisotopic (exact) mass is 343 g/mol. The van der Waals surface area contributed by atoms with E-state index >= 15 is 0 Å². The van der Waals surface area contributed by atoms with Gasteiger partial charge >= 0.3 is 5.97 Å². The Bertz CT molecular complexity index is 798. The van der Waals surface area contributed by atoms with Gasteiger partial charge in [0.1, 0.15) is 11.8 Å². The highest BCUT2D eigenvalue weighted by atomic mass is 16.4. The first-order chi connectivity index (χ1) is 11.8. The number of carboxylic acid groups (broad SMARTS) is 1. The van der Waals surface area contributed by atoms with Gasteiger partial charge in [-0.2, -0.15) is 0 Å². The van der Waals surface area contributed by atoms with Crippen LogP contribution in [0.5, 0.6) is 17.2 Å². The maximum absolute atomic E-state index is 11.9. The molecule has 0 bridgehead atoms. The van der Waals surface area contributed by atoms with Crippen molar-refractivity contribution < 1.29 is 30.0 Å². The van der Waals surface area contributed by atoms with Gasteiger partial charge in [0.15, 0.2) is 11.5 Å². The molecule has 0 saturated carbocycles. The van der Waals surface area contributed by atoms with Gasteiger partial charge in [0, 0.05) is 12.5 Å². The first-order valence-electron chi connectivity index (χ1n) is 7.36. The highest BCUT2D eigenvalue weighted by Crippen LogP contribution is 2.25. The topological polar surface area (TPSA) is 127 Å². The normalized spacial score (nSPS) is 12.0. The lowest BCUT2D eigenvalue weighted by molar-refractivity contribution is -0.141. The number of carbonyl (C=O) groups excluding carboxylic acids is 1. The summed E-state index contributed by atoms with van der Waals surface area (Å²) in [5.74, 6) is -2.32. The van der Waals surface area contributed by atoms with Gasteiger partial charge in [-0.05, 0) is 41.5 Å². The van der Waals surface area contributed by atoms with Gasteiger partial charge in [-0.1, -0.05) is 18.2 Å². The van der Waals surface area contributed by atoms with E-state index in [9.17, 15) is 30.0 Å². The van der Waals surface area contributed by atoms with Crippen LogP contribution < -0.4 is 5.32 Å². The quantitative estimate of drug-likeness (QED) is 0.401. The van der Waals surface area contributed by atoms with E-state index in [0.29, 0.717) is 11.1 Å². The van der Waals surface area contributed by atoms with E-state index in [0.717, 1.165) is 6.08 Å². The molecule has 1 amide bonds. The van der Waals surface area contributed by atoms with Crippen molar-refractivity contribution in [2.45, 2.75) is 12.5 Å². The van der Waals surface area contributed by atoms with Crippen molar-refractivity contribution >= 4 is 18.0 Å². The van der Waals surface area contributed by atoms with Crippen molar-refractivity contribution in [2.75, 3.05) is 0 Å². The van der Waals surface area contributed by atoms with Gasteiger partial charge in [0.2, 0.25) is 5.91 Å². The summed E-state index contributed by atoms with van der Waals surface area (Å²) in [6, 6.07) is 8.93. The highest BCUT2D eigenvalue weighted by molar-refractivity contribution is 5.94. The third-order valence-corrected chi connectivity index (χ3v) is 3.42. The molecule has 0 aromatic heterocycles. The number of hydrogen-bond donors (Lipinski definition) is 5. The number of phenolic OH excluding ortho intramolecular Hbond substituents is 3. The zero-order valence-electron chi connectivity index (χ0n) is 13.1. The molecule has 0 aliphatic heterocycles. The van der Waals surface area contributed by atoms with Crippen LogP contribution in [0.15, 0.2) is 48.5 Å². The van der Waals surface area contributed by atoms with E-state index in [1.54, 1.807) is 12.1 Å². The summed E-state index contributed by atoms with van der Waals surface area (Å²) in [5.41, 5.74) is 1.12. The third kappa shape index (κ3) is 5.28. The molecular weight excluding hydrogens is 326 g/mol. The molecule has 1 atom stereocenters. The number of aromatic hydroxyl groups is 3. The van der Waals surface area contributed by atoms with Crippen molar-refractivity contribution in [1.82, 2.24) is 5.32 Å². The van der Waals surface area contributed by atoms with Crippen LogP contribution in [0.1, 0.15) is 11.1 Å². The molecule has 0 aliphatic carbocycles. The molecule has 2 aromatic rings. The van der Waals surface area contributed by atoms with Crippen LogP contribution in [-0.2, 0) is 16.0 Å². The number of phenols is 3. The fraction of sp³-hybridized carbons (Fsp3) is 0.111. The van der Waals surface area contributed by atoms with Crippen molar-refractivity contribution in [3.63, 3.8) is 0 Å². The maximum Gasteiger partial charge on any atom is 0.326 e. The van der Waals surface area contributed by atoms with Crippen LogP contribution in [0.4, 0.5) is 0 Å². The van der Waals surface area contributed by atoms with Crippen LogP contribution in [0.25, 0.3) is 6.08 Å². The standard InChI is InChI=1S/C18H17NO6/c20-13-5-1-11(2-6-13)9-14(18(24)25)19-17(23)8-4-12-3-7-15(21)16(22)10-12/h1-8,10,14,20-22H,9H2,(H,19,23)(H,24,25)/t14-/m1/s1. The molecule has 0 radical (unpaired) electrons. The van der Waals surface area contributed by atoms with Crippen molar-refractivity contribution in [1.29, 1.82) is 0 Å². The number of amides is 1. The molecule has 7 nitrogen and oxygen atoms in total. The predicted octanol–water partition coefficient (Wildman–Crippen LogP) is 1.63. The van der Waals surface area contributed by atoms with Gasteiger partial charge in [-0.15, -0.1) is 0 Å². The first kappa shape index (κ1) is 17.9. The fourth-order valence-electron chi connectivity index (χ4n) is 2.10. The van der Waals surface area contributed by atoms with Crippen LogP contribution in [0.3, 0.4) is 0 Å². The van der Waals surface area contributed by atoms with Gasteiger partial charge < -0.3 is 25.7 Å². The van der Waals surface area contributed by atoms with Crippen LogP contribution in [-0.4, -0.2) is 38.3 Å². The Hall–Kier alpha value is -3.48. The summed E-state index contributed by atoms with van der Waals surface area (Å²) < 4.78 is 0. The molecule has 25 heavy (non-hydrogen) atoms. The first-order valence-corrected chi connectivity index (χ1v) is 7.36. The zero-order chi connectivity index (χ0) is 18.4. The summed E-state index contributed by atoms with van der Waals surface area (Å²) in [7, 11) is 0. The number of rotatable bonds is 6. The minimum Gasteiger partial charge on any atom is -0.508 e. The van der Waals surface area contributed by atoms with Crippen LogP contribution in [0, 0.1) is 0 Å². The highest BCUT2D eigenvalue weighted by Gasteiger charge is 2.19. The summed E-state index contributed by atoms with van der Waals surface area (Å²) in [6.45, 7) is 0. The molecule has 5 N–H and O–H groups in total. The average molecular weight is 343 g/mol. The van der Waals surface area contributed by atoms with E-state index in [2.05, 4.69) is 5.32 Å². The molecular formula is C18H17NO6. The van der Waals surface area contributed by atoms with Gasteiger partial charge in [-0.3, -0.25) is 4.79 Å². The number of nitrogens with one attached hydrogen (secondary N) is 1. The molecule has 7 heteroatoms. The number of carbonyl (C=O) groups is 2. The largest absolute Gasteiger partial charge is 0.508 e. The summed E-state index contributed by atoms with van der Waals surface area (Å²) in [5, 5.41) is 39.5. The predicted molar refractivity (Wildman–Crippen MR) is 90.2 cm³/mol. The smallest absolute Gasteiger partial charge is 0.326 e. The Kier molecular flexibility index (Phi) is 5.62. The molecule has 130 valence electrons. The number of aliphatic carboxylic acids is 1. The van der Waals surface area contributed by atoms with Gasteiger partial charge in [0.25, 0.3) is 0 Å².